The summed E-state index contributed by atoms with van der Waals surface area (Å²) in [6.07, 6.45) is -0.358. The van der Waals surface area contributed by atoms with Crippen LogP contribution in [0.4, 0.5) is 4.79 Å². The molecule has 2 aliphatic heterocycles. The van der Waals surface area contributed by atoms with Gasteiger partial charge in [-0.3, -0.25) is 4.79 Å². The third kappa shape index (κ3) is 2.58. The second kappa shape index (κ2) is 4.42. The fraction of sp³-hybridized carbons (Fsp3) is 0.833. The minimum atomic E-state index is -0.791. The van der Waals surface area contributed by atoms with Crippen LogP contribution in [0.2, 0.25) is 0 Å². The minimum Gasteiger partial charge on any atom is -0.481 e. The molecule has 2 heterocycles. The Kier molecular flexibility index (Phi) is 3.23. The number of nitrogens with one attached hydrogen (secondary N) is 1. The van der Waals surface area contributed by atoms with Crippen molar-refractivity contribution in [3.63, 3.8) is 0 Å². The standard InChI is InChI=1S/C12H20N2O4/c1-12(2,3)18-11(17)14-5-8-7(10(15)16)4-13-9(8)6-14/h7-9,13H,4-6H2,1-3H3,(H,15,16). The fourth-order valence-electron chi connectivity index (χ4n) is 2.63. The van der Waals surface area contributed by atoms with Crippen molar-refractivity contribution in [1.82, 2.24) is 10.2 Å². The number of hydrogen-bond donors (Lipinski definition) is 2. The Morgan fingerprint density at radius 1 is 1.33 bits per heavy atom. The van der Waals surface area contributed by atoms with Crippen LogP contribution in [-0.2, 0) is 9.53 Å². The van der Waals surface area contributed by atoms with Crippen LogP contribution in [-0.4, -0.2) is 53.3 Å². The van der Waals surface area contributed by atoms with E-state index in [0.717, 1.165) is 0 Å². The zero-order chi connectivity index (χ0) is 13.5. The zero-order valence-electron chi connectivity index (χ0n) is 11.0. The van der Waals surface area contributed by atoms with Gasteiger partial charge in [0, 0.05) is 31.6 Å². The first kappa shape index (κ1) is 13.1. The Balaban J connectivity index is 1.97. The monoisotopic (exact) mass is 256 g/mol. The highest BCUT2D eigenvalue weighted by molar-refractivity contribution is 5.73. The number of ether oxygens (including phenoxy) is 1. The molecule has 1 amide bonds. The van der Waals surface area contributed by atoms with E-state index in [4.69, 9.17) is 9.84 Å². The van der Waals surface area contributed by atoms with E-state index in [2.05, 4.69) is 5.32 Å². The molecule has 102 valence electrons. The zero-order valence-corrected chi connectivity index (χ0v) is 11.0. The van der Waals surface area contributed by atoms with Gasteiger partial charge in [0.1, 0.15) is 5.60 Å². The SMILES string of the molecule is CC(C)(C)OC(=O)N1CC2NCC(C(=O)O)C2C1. The van der Waals surface area contributed by atoms with Crippen molar-refractivity contribution < 1.29 is 19.4 Å². The number of carbonyl (C=O) groups is 2. The van der Waals surface area contributed by atoms with Gasteiger partial charge in [-0.2, -0.15) is 0 Å². The highest BCUT2D eigenvalue weighted by Crippen LogP contribution is 2.30. The van der Waals surface area contributed by atoms with E-state index in [9.17, 15) is 9.59 Å². The average molecular weight is 256 g/mol. The summed E-state index contributed by atoms with van der Waals surface area (Å²) in [5, 5.41) is 12.3. The number of carbonyl (C=O) groups excluding carboxylic acids is 1. The van der Waals surface area contributed by atoms with Crippen molar-refractivity contribution in [2.45, 2.75) is 32.4 Å². The number of rotatable bonds is 1. The summed E-state index contributed by atoms with van der Waals surface area (Å²) >= 11 is 0. The number of aliphatic carboxylic acids is 1. The molecule has 0 aromatic carbocycles. The summed E-state index contributed by atoms with van der Waals surface area (Å²) in [4.78, 5) is 24.6. The van der Waals surface area contributed by atoms with E-state index in [0.29, 0.717) is 19.6 Å². The van der Waals surface area contributed by atoms with E-state index in [-0.39, 0.29) is 18.1 Å². The second-order valence-electron chi connectivity index (χ2n) is 6.01. The molecule has 0 radical (unpaired) electrons. The van der Waals surface area contributed by atoms with Crippen molar-refractivity contribution in [2.24, 2.45) is 11.8 Å². The Morgan fingerprint density at radius 2 is 2.00 bits per heavy atom. The number of fused-ring (bicyclic) bond motifs is 1. The predicted octanol–water partition coefficient (Wildman–Crippen LogP) is 0.526. The lowest BCUT2D eigenvalue weighted by atomic mass is 9.93. The predicted molar refractivity (Wildman–Crippen MR) is 64.2 cm³/mol. The summed E-state index contributed by atoms with van der Waals surface area (Å²) in [6, 6.07) is 0.0821. The van der Waals surface area contributed by atoms with Gasteiger partial charge in [-0.05, 0) is 20.8 Å². The van der Waals surface area contributed by atoms with Crippen molar-refractivity contribution in [3.05, 3.63) is 0 Å². The number of carboxylic acid groups (broad SMARTS) is 1. The van der Waals surface area contributed by atoms with Crippen molar-refractivity contribution >= 4 is 12.1 Å². The quantitative estimate of drug-likeness (QED) is 0.715. The van der Waals surface area contributed by atoms with Crippen LogP contribution in [0.5, 0.6) is 0 Å². The van der Waals surface area contributed by atoms with E-state index >= 15 is 0 Å². The molecular weight excluding hydrogens is 236 g/mol. The number of amides is 1. The van der Waals surface area contributed by atoms with E-state index < -0.39 is 17.5 Å². The first-order chi connectivity index (χ1) is 8.28. The smallest absolute Gasteiger partial charge is 0.410 e. The van der Waals surface area contributed by atoms with Gasteiger partial charge in [0.15, 0.2) is 0 Å². The molecule has 2 N–H and O–H groups in total. The first-order valence-corrected chi connectivity index (χ1v) is 6.22. The summed E-state index contributed by atoms with van der Waals surface area (Å²) in [5.74, 6) is -1.20. The molecule has 3 unspecified atom stereocenters. The molecule has 0 bridgehead atoms. The van der Waals surface area contributed by atoms with Crippen LogP contribution >= 0.6 is 0 Å². The van der Waals surface area contributed by atoms with Gasteiger partial charge in [-0.15, -0.1) is 0 Å². The summed E-state index contributed by atoms with van der Waals surface area (Å²) in [5.41, 5.74) is -0.519. The van der Waals surface area contributed by atoms with Gasteiger partial charge < -0.3 is 20.1 Å². The van der Waals surface area contributed by atoms with E-state index in [1.807, 2.05) is 20.8 Å². The topological polar surface area (TPSA) is 78.9 Å². The largest absolute Gasteiger partial charge is 0.481 e. The lowest BCUT2D eigenvalue weighted by Crippen LogP contribution is -2.38. The third-order valence-electron chi connectivity index (χ3n) is 3.45. The molecule has 2 fully saturated rings. The van der Waals surface area contributed by atoms with Gasteiger partial charge >= 0.3 is 12.1 Å². The van der Waals surface area contributed by atoms with Crippen molar-refractivity contribution in [2.75, 3.05) is 19.6 Å². The van der Waals surface area contributed by atoms with Crippen molar-refractivity contribution in [1.29, 1.82) is 0 Å². The summed E-state index contributed by atoms with van der Waals surface area (Å²) < 4.78 is 5.29. The number of nitrogens with zero attached hydrogens (tertiary/aromatic N) is 1. The normalized spacial score (nSPS) is 31.3. The maximum Gasteiger partial charge on any atom is 0.410 e. The third-order valence-corrected chi connectivity index (χ3v) is 3.45. The molecule has 0 spiro atoms. The van der Waals surface area contributed by atoms with Crippen LogP contribution in [0.25, 0.3) is 0 Å². The Hall–Kier alpha value is -1.30. The molecule has 3 atom stereocenters. The number of carboxylic acids is 1. The van der Waals surface area contributed by atoms with Gasteiger partial charge in [-0.1, -0.05) is 0 Å². The first-order valence-electron chi connectivity index (χ1n) is 6.22. The molecule has 2 rings (SSSR count). The van der Waals surface area contributed by atoms with Gasteiger partial charge in [0.25, 0.3) is 0 Å². The molecule has 6 nitrogen and oxygen atoms in total. The van der Waals surface area contributed by atoms with Crippen LogP contribution in [0.1, 0.15) is 20.8 Å². The van der Waals surface area contributed by atoms with Crippen LogP contribution in [0, 0.1) is 11.8 Å². The van der Waals surface area contributed by atoms with Crippen LogP contribution in [0.15, 0.2) is 0 Å². The molecule has 0 saturated carbocycles. The van der Waals surface area contributed by atoms with Gasteiger partial charge in [-0.25, -0.2) is 4.79 Å². The molecule has 0 aromatic rings. The van der Waals surface area contributed by atoms with Crippen molar-refractivity contribution in [3.8, 4) is 0 Å². The fourth-order valence-corrected chi connectivity index (χ4v) is 2.63. The van der Waals surface area contributed by atoms with E-state index in [1.165, 1.54) is 0 Å². The lowest BCUT2D eigenvalue weighted by Gasteiger charge is -2.25. The summed E-state index contributed by atoms with van der Waals surface area (Å²) in [6.45, 7) is 6.94. The summed E-state index contributed by atoms with van der Waals surface area (Å²) in [7, 11) is 0. The molecule has 2 saturated heterocycles. The van der Waals surface area contributed by atoms with Crippen LogP contribution < -0.4 is 5.32 Å². The number of likely N-dealkylation sites (tertiary alicyclic amines) is 1. The molecule has 0 aromatic heterocycles. The maximum atomic E-state index is 11.9. The highest BCUT2D eigenvalue weighted by atomic mass is 16.6. The van der Waals surface area contributed by atoms with Gasteiger partial charge in [0.05, 0.1) is 5.92 Å². The minimum absolute atomic E-state index is 0.00461. The van der Waals surface area contributed by atoms with E-state index in [1.54, 1.807) is 4.90 Å². The van der Waals surface area contributed by atoms with Gasteiger partial charge in [0.2, 0.25) is 0 Å². The average Bonchev–Trinajstić information content (AvgIpc) is 2.70. The Bertz CT molecular complexity index is 364. The Labute approximate surface area is 106 Å². The molecule has 6 heteroatoms. The maximum absolute atomic E-state index is 11.9. The molecule has 2 aliphatic rings. The molecule has 18 heavy (non-hydrogen) atoms. The Morgan fingerprint density at radius 3 is 2.56 bits per heavy atom. The highest BCUT2D eigenvalue weighted by Gasteiger charge is 2.47. The molecular formula is C12H20N2O4. The molecule has 0 aliphatic carbocycles. The second-order valence-corrected chi connectivity index (χ2v) is 6.01. The number of hydrogen-bond acceptors (Lipinski definition) is 4. The van der Waals surface area contributed by atoms with Crippen LogP contribution in [0.3, 0.4) is 0 Å². The lowest BCUT2D eigenvalue weighted by molar-refractivity contribution is -0.142.